The van der Waals surface area contributed by atoms with Crippen LogP contribution in [0.4, 0.5) is 0 Å². The van der Waals surface area contributed by atoms with E-state index in [1.165, 1.54) is 49.4 Å². The van der Waals surface area contributed by atoms with Crippen molar-refractivity contribution in [2.24, 2.45) is 0 Å². The summed E-state index contributed by atoms with van der Waals surface area (Å²) in [5, 5.41) is 113. The second-order valence-electron chi connectivity index (χ2n) is 13.0. The number of carbonyl (C=O) groups excluding carboxylic acids is 1. The Balaban J connectivity index is 1.32. The fourth-order valence-corrected chi connectivity index (χ4v) is 5.85. The molecule has 2 aromatic rings. The summed E-state index contributed by atoms with van der Waals surface area (Å²) >= 11 is 0. The van der Waals surface area contributed by atoms with E-state index in [9.17, 15) is 61.0 Å². The van der Waals surface area contributed by atoms with E-state index in [4.69, 9.17) is 33.2 Å². The van der Waals surface area contributed by atoms with Gasteiger partial charge in [-0.25, -0.2) is 4.79 Å². The fourth-order valence-electron chi connectivity index (χ4n) is 5.85. The highest BCUT2D eigenvalue weighted by Crippen LogP contribution is 2.34. The maximum Gasteiger partial charge on any atom is 0.330 e. The Hall–Kier alpha value is -3.67. The smallest absolute Gasteiger partial charge is 0.330 e. The molecule has 5 rings (SSSR count). The number of esters is 1. The molecule has 3 aliphatic rings. The molecular formula is C34H44O19. The molecule has 294 valence electrons. The Labute approximate surface area is 302 Å². The SMILES string of the molecule is C[C@@H]1O[C@@H](O[C@@H]2[C@@H](O)[C@H](OCCc3ccc(O)c(O)c3)O[C@H](COC(=O)C=Cc3ccc(O)c(O)c3)[C@H]2O)[C@H](O[C@@H]2OC[C@](O)(CO)[C@H]2O)[C@H](O)[C@H]1O. The Bertz CT molecular complexity index is 1570. The number of phenolic OH excluding ortho intramolecular Hbond substituents is 4. The molecule has 3 aliphatic heterocycles. The van der Waals surface area contributed by atoms with Crippen LogP contribution in [0.15, 0.2) is 42.5 Å². The first-order chi connectivity index (χ1) is 25.1. The lowest BCUT2D eigenvalue weighted by Crippen LogP contribution is -2.65. The molecular weight excluding hydrogens is 712 g/mol. The van der Waals surface area contributed by atoms with Crippen LogP contribution in [0.3, 0.4) is 0 Å². The minimum atomic E-state index is -2.10. The summed E-state index contributed by atoms with van der Waals surface area (Å²) < 4.78 is 39.5. The molecule has 19 heteroatoms. The van der Waals surface area contributed by atoms with Crippen molar-refractivity contribution in [2.45, 2.75) is 92.8 Å². The van der Waals surface area contributed by atoms with Gasteiger partial charge in [0.25, 0.3) is 0 Å². The van der Waals surface area contributed by atoms with Gasteiger partial charge in [-0.1, -0.05) is 12.1 Å². The average molecular weight is 757 g/mol. The molecule has 2 aromatic carbocycles. The van der Waals surface area contributed by atoms with Crippen LogP contribution in [0.25, 0.3) is 6.08 Å². The number of aliphatic hydroxyl groups is 7. The predicted molar refractivity (Wildman–Crippen MR) is 174 cm³/mol. The zero-order valence-corrected chi connectivity index (χ0v) is 28.3. The lowest BCUT2D eigenvalue weighted by Gasteiger charge is -2.47. The van der Waals surface area contributed by atoms with Gasteiger partial charge in [0.05, 0.1) is 25.9 Å². The van der Waals surface area contributed by atoms with E-state index in [1.807, 2.05) is 0 Å². The number of hydrogen-bond acceptors (Lipinski definition) is 19. The van der Waals surface area contributed by atoms with Gasteiger partial charge in [0, 0.05) is 6.08 Å². The Kier molecular flexibility index (Phi) is 13.2. The van der Waals surface area contributed by atoms with Crippen molar-refractivity contribution >= 4 is 12.0 Å². The standard InChI is InChI=1S/C34H44O19/c1-15-24(41)26(43)29(53-33-30(45)34(46,13-35)14-49-33)32(50-15)52-28-25(42)22(12-48-23(40)7-4-16-2-5-18(36)20(38)10-16)51-31(27(28)44)47-9-8-17-3-6-19(37)21(39)11-17/h2-7,10-11,15,22,24-33,35-39,41-46H,8-9,12-14H2,1H3/t15-,22+,24-,25+,26+,27+,28-,29+,30-,31+,32-,33-,34+/m0/s1. The molecule has 0 aliphatic carbocycles. The van der Waals surface area contributed by atoms with Gasteiger partial charge in [0.15, 0.2) is 41.9 Å². The van der Waals surface area contributed by atoms with E-state index in [-0.39, 0.29) is 30.3 Å². The summed E-state index contributed by atoms with van der Waals surface area (Å²) in [5.74, 6) is -2.38. The molecule has 13 atom stereocenters. The maximum absolute atomic E-state index is 12.6. The third kappa shape index (κ3) is 9.35. The summed E-state index contributed by atoms with van der Waals surface area (Å²) in [6.07, 6.45) is -17.0. The number of aliphatic hydroxyl groups excluding tert-OH is 6. The van der Waals surface area contributed by atoms with Crippen LogP contribution in [0, 0.1) is 0 Å². The van der Waals surface area contributed by atoms with Crippen LogP contribution in [0.5, 0.6) is 23.0 Å². The molecule has 0 spiro atoms. The van der Waals surface area contributed by atoms with E-state index in [0.717, 1.165) is 6.08 Å². The van der Waals surface area contributed by atoms with Crippen molar-refractivity contribution in [3.63, 3.8) is 0 Å². The quantitative estimate of drug-likeness (QED) is 0.0569. The molecule has 0 unspecified atom stereocenters. The van der Waals surface area contributed by atoms with Crippen molar-refractivity contribution in [3.8, 4) is 23.0 Å². The molecule has 0 saturated carbocycles. The van der Waals surface area contributed by atoms with Gasteiger partial charge in [0.1, 0.15) is 61.0 Å². The molecule has 3 fully saturated rings. The van der Waals surface area contributed by atoms with Gasteiger partial charge in [-0.15, -0.1) is 0 Å². The minimum absolute atomic E-state index is 0.137. The zero-order chi connectivity index (χ0) is 38.6. The Morgan fingerprint density at radius 3 is 2.17 bits per heavy atom. The van der Waals surface area contributed by atoms with Crippen molar-refractivity contribution in [1.82, 2.24) is 0 Å². The van der Waals surface area contributed by atoms with E-state index in [2.05, 4.69) is 0 Å². The van der Waals surface area contributed by atoms with Gasteiger partial charge in [-0.2, -0.15) is 0 Å². The molecule has 11 N–H and O–H groups in total. The number of phenols is 4. The largest absolute Gasteiger partial charge is 0.504 e. The maximum atomic E-state index is 12.6. The molecule has 3 heterocycles. The Morgan fingerprint density at radius 1 is 0.830 bits per heavy atom. The summed E-state index contributed by atoms with van der Waals surface area (Å²) in [6.45, 7) is -0.798. The highest BCUT2D eigenvalue weighted by atomic mass is 16.8. The summed E-state index contributed by atoms with van der Waals surface area (Å²) in [5.41, 5.74) is -1.21. The van der Waals surface area contributed by atoms with Crippen LogP contribution in [0.1, 0.15) is 18.1 Å². The second-order valence-corrected chi connectivity index (χ2v) is 13.0. The van der Waals surface area contributed by atoms with Crippen molar-refractivity contribution < 1.29 is 94.1 Å². The number of ether oxygens (including phenoxy) is 7. The number of carbonyl (C=O) groups is 1. The summed E-state index contributed by atoms with van der Waals surface area (Å²) in [7, 11) is 0. The van der Waals surface area contributed by atoms with Gasteiger partial charge < -0.3 is 89.3 Å². The minimum Gasteiger partial charge on any atom is -0.504 e. The lowest BCUT2D eigenvalue weighted by atomic mass is 9.96. The predicted octanol–water partition coefficient (Wildman–Crippen LogP) is -2.55. The van der Waals surface area contributed by atoms with Gasteiger partial charge in [0.2, 0.25) is 0 Å². The lowest BCUT2D eigenvalue weighted by molar-refractivity contribution is -0.371. The fraction of sp³-hybridized carbons (Fsp3) is 0.559. The molecule has 0 bridgehead atoms. The summed E-state index contributed by atoms with van der Waals surface area (Å²) in [4.78, 5) is 12.6. The third-order valence-corrected chi connectivity index (χ3v) is 9.10. The highest BCUT2D eigenvalue weighted by molar-refractivity contribution is 5.87. The van der Waals surface area contributed by atoms with Crippen LogP contribution in [-0.4, -0.2) is 168 Å². The molecule has 3 saturated heterocycles. The number of rotatable bonds is 13. The second kappa shape index (κ2) is 17.2. The number of benzene rings is 2. The van der Waals surface area contributed by atoms with Crippen molar-refractivity contribution in [1.29, 1.82) is 0 Å². The van der Waals surface area contributed by atoms with E-state index >= 15 is 0 Å². The molecule has 0 aromatic heterocycles. The molecule has 0 radical (unpaired) electrons. The molecule has 19 nitrogen and oxygen atoms in total. The first-order valence-electron chi connectivity index (χ1n) is 16.6. The van der Waals surface area contributed by atoms with Gasteiger partial charge in [-0.3, -0.25) is 0 Å². The van der Waals surface area contributed by atoms with E-state index in [0.29, 0.717) is 11.1 Å². The topological polar surface area (TPSA) is 304 Å². The van der Waals surface area contributed by atoms with Crippen LogP contribution in [0.2, 0.25) is 0 Å². The monoisotopic (exact) mass is 756 g/mol. The molecule has 0 amide bonds. The first kappa shape index (κ1) is 40.5. The third-order valence-electron chi connectivity index (χ3n) is 9.10. The average Bonchev–Trinajstić information content (AvgIpc) is 3.42. The number of aromatic hydroxyl groups is 4. The van der Waals surface area contributed by atoms with Crippen molar-refractivity contribution in [2.75, 3.05) is 26.4 Å². The first-order valence-corrected chi connectivity index (χ1v) is 16.6. The van der Waals surface area contributed by atoms with E-state index in [1.54, 1.807) is 0 Å². The van der Waals surface area contributed by atoms with Crippen LogP contribution >= 0.6 is 0 Å². The van der Waals surface area contributed by atoms with Gasteiger partial charge in [-0.05, 0) is 54.8 Å². The zero-order valence-electron chi connectivity index (χ0n) is 28.3. The Morgan fingerprint density at radius 2 is 1.51 bits per heavy atom. The normalized spacial score (nSPS) is 36.2. The van der Waals surface area contributed by atoms with Crippen LogP contribution < -0.4 is 0 Å². The van der Waals surface area contributed by atoms with Crippen molar-refractivity contribution in [3.05, 3.63) is 53.6 Å². The number of hydrogen-bond donors (Lipinski definition) is 11. The summed E-state index contributed by atoms with van der Waals surface area (Å²) in [6, 6.07) is 7.93. The molecule has 53 heavy (non-hydrogen) atoms. The highest BCUT2D eigenvalue weighted by Gasteiger charge is 2.55. The van der Waals surface area contributed by atoms with E-state index < -0.39 is 111 Å². The van der Waals surface area contributed by atoms with Crippen LogP contribution in [-0.2, 0) is 44.4 Å². The van der Waals surface area contributed by atoms with Gasteiger partial charge >= 0.3 is 5.97 Å².